The molecule has 0 saturated heterocycles. The Morgan fingerprint density at radius 3 is 2.73 bits per heavy atom. The first-order chi connectivity index (χ1) is 12.1. The number of halogens is 4. The molecule has 2 aromatic rings. The highest BCUT2D eigenvalue weighted by Crippen LogP contribution is 2.20. The van der Waals surface area contributed by atoms with E-state index in [1.807, 2.05) is 0 Å². The van der Waals surface area contributed by atoms with E-state index in [1.54, 1.807) is 31.9 Å². The van der Waals surface area contributed by atoms with E-state index in [-0.39, 0.29) is 12.4 Å². The lowest BCUT2D eigenvalue weighted by atomic mass is 10.2. The molecular weight excluding hydrogens is 352 g/mol. The quantitative estimate of drug-likeness (QED) is 0.792. The first kappa shape index (κ1) is 19.9. The number of aryl methyl sites for hydroxylation is 1. The lowest BCUT2D eigenvalue weighted by Crippen LogP contribution is -2.40. The molecular formula is C17H20F4N4O. The molecule has 0 aliphatic heterocycles. The molecule has 0 radical (unpaired) electrons. The van der Waals surface area contributed by atoms with Gasteiger partial charge in [-0.05, 0) is 38.6 Å². The second-order valence-corrected chi connectivity index (χ2v) is 6.13. The van der Waals surface area contributed by atoms with E-state index in [2.05, 4.69) is 10.3 Å². The maximum atomic E-state index is 13.3. The normalized spacial score (nSPS) is 13.1. The lowest BCUT2D eigenvalue weighted by Gasteiger charge is -2.24. The predicted molar refractivity (Wildman–Crippen MR) is 89.0 cm³/mol. The summed E-state index contributed by atoms with van der Waals surface area (Å²) in [6, 6.07) is 3.40. The summed E-state index contributed by atoms with van der Waals surface area (Å²) >= 11 is 0. The molecule has 0 fully saturated rings. The fourth-order valence-electron chi connectivity index (χ4n) is 2.36. The number of alkyl halides is 3. The molecule has 0 saturated carbocycles. The van der Waals surface area contributed by atoms with Crippen LogP contribution in [-0.4, -0.2) is 39.6 Å². The number of benzene rings is 1. The number of aromatic nitrogens is 2. The molecule has 0 aliphatic rings. The summed E-state index contributed by atoms with van der Waals surface area (Å²) in [7, 11) is 1.61. The zero-order valence-electron chi connectivity index (χ0n) is 14.6. The van der Waals surface area contributed by atoms with Crippen LogP contribution in [-0.2, 0) is 17.9 Å². The van der Waals surface area contributed by atoms with Crippen LogP contribution in [0.4, 0.5) is 23.2 Å². The van der Waals surface area contributed by atoms with Gasteiger partial charge in [-0.15, -0.1) is 0 Å². The minimum atomic E-state index is -4.36. The summed E-state index contributed by atoms with van der Waals surface area (Å²) in [6.45, 7) is 2.26. The molecule has 26 heavy (non-hydrogen) atoms. The summed E-state index contributed by atoms with van der Waals surface area (Å²) in [6.07, 6.45) is -1.82. The van der Waals surface area contributed by atoms with Crippen LogP contribution >= 0.6 is 0 Å². The van der Waals surface area contributed by atoms with Gasteiger partial charge in [0.25, 0.3) is 0 Å². The average Bonchev–Trinajstić information content (AvgIpc) is 2.94. The number of anilines is 1. The Kier molecular flexibility index (Phi) is 6.01. The van der Waals surface area contributed by atoms with Crippen molar-refractivity contribution in [2.24, 2.45) is 0 Å². The number of amides is 1. The van der Waals surface area contributed by atoms with E-state index in [9.17, 15) is 22.4 Å². The molecule has 0 spiro atoms. The first-order valence-electron chi connectivity index (χ1n) is 7.91. The van der Waals surface area contributed by atoms with Crippen molar-refractivity contribution in [3.8, 4) is 0 Å². The molecule has 1 aromatic carbocycles. The summed E-state index contributed by atoms with van der Waals surface area (Å²) in [5.41, 5.74) is 1.06. The molecule has 1 amide bonds. The third-order valence-electron chi connectivity index (χ3n) is 4.04. The van der Waals surface area contributed by atoms with Crippen LogP contribution in [0, 0.1) is 12.7 Å². The van der Waals surface area contributed by atoms with Gasteiger partial charge in [0.05, 0.1) is 12.6 Å². The summed E-state index contributed by atoms with van der Waals surface area (Å²) in [5, 5.41) is 2.64. The van der Waals surface area contributed by atoms with Crippen LogP contribution in [0.2, 0.25) is 0 Å². The number of imidazole rings is 1. The van der Waals surface area contributed by atoms with Crippen LogP contribution in [0.5, 0.6) is 0 Å². The fourth-order valence-corrected chi connectivity index (χ4v) is 2.36. The maximum Gasteiger partial charge on any atom is 0.406 e. The summed E-state index contributed by atoms with van der Waals surface area (Å²) < 4.78 is 52.1. The molecule has 1 heterocycles. The Morgan fingerprint density at radius 1 is 1.38 bits per heavy atom. The van der Waals surface area contributed by atoms with Gasteiger partial charge < -0.3 is 9.88 Å². The number of nitrogens with one attached hydrogen (secondary N) is 1. The van der Waals surface area contributed by atoms with Gasteiger partial charge in [0.15, 0.2) is 0 Å². The van der Waals surface area contributed by atoms with Crippen molar-refractivity contribution in [1.29, 1.82) is 0 Å². The molecule has 5 nitrogen and oxygen atoms in total. The van der Waals surface area contributed by atoms with Gasteiger partial charge in [0, 0.05) is 18.1 Å². The monoisotopic (exact) mass is 372 g/mol. The molecule has 142 valence electrons. The third kappa shape index (κ3) is 5.29. The van der Waals surface area contributed by atoms with Gasteiger partial charge in [0.1, 0.15) is 18.2 Å². The molecule has 9 heteroatoms. The van der Waals surface area contributed by atoms with E-state index < -0.39 is 30.5 Å². The molecule has 1 unspecified atom stereocenters. The smallest absolute Gasteiger partial charge is 0.325 e. The van der Waals surface area contributed by atoms with E-state index in [4.69, 9.17) is 0 Å². The van der Waals surface area contributed by atoms with Crippen molar-refractivity contribution in [3.63, 3.8) is 0 Å². The van der Waals surface area contributed by atoms with Gasteiger partial charge in [0.2, 0.25) is 5.91 Å². The van der Waals surface area contributed by atoms with Gasteiger partial charge in [-0.25, -0.2) is 9.37 Å². The average molecular weight is 372 g/mol. The Morgan fingerprint density at radius 2 is 2.08 bits per heavy atom. The molecule has 1 atom stereocenters. The summed E-state index contributed by atoms with van der Waals surface area (Å²) in [4.78, 5) is 17.9. The topological polar surface area (TPSA) is 50.2 Å². The highest BCUT2D eigenvalue weighted by Gasteiger charge is 2.29. The molecule has 0 bridgehead atoms. The minimum Gasteiger partial charge on any atom is -0.325 e. The van der Waals surface area contributed by atoms with E-state index in [0.717, 1.165) is 4.57 Å². The summed E-state index contributed by atoms with van der Waals surface area (Å²) in [5.74, 6) is -0.664. The lowest BCUT2D eigenvalue weighted by molar-refractivity contribution is -0.141. The minimum absolute atomic E-state index is 0.0554. The second kappa shape index (κ2) is 7.86. The number of carbonyl (C=O) groups excluding carboxylic acids is 1. The van der Waals surface area contributed by atoms with Crippen LogP contribution in [0.1, 0.15) is 18.3 Å². The number of likely N-dealkylation sites (N-methyl/N-ethyl adjacent to an activating group) is 1. The van der Waals surface area contributed by atoms with Crippen molar-refractivity contribution in [2.75, 3.05) is 12.4 Å². The Balaban J connectivity index is 2.03. The standard InChI is InChI=1S/C17H20F4N4O/c1-11-4-5-13(18)8-14(11)23-16(26)12(2)24(3)9-15-22-6-7-25(15)10-17(19,20)21/h4-8,12H,9-10H2,1-3H3,(H,23,26). The van der Waals surface area contributed by atoms with E-state index in [1.165, 1.54) is 24.5 Å². The maximum absolute atomic E-state index is 13.3. The SMILES string of the molecule is Cc1ccc(F)cc1NC(=O)C(C)N(C)Cc1nccn1CC(F)(F)F. The first-order valence-corrected chi connectivity index (χ1v) is 7.91. The Hall–Kier alpha value is -2.42. The zero-order chi connectivity index (χ0) is 19.5. The van der Waals surface area contributed by atoms with Crippen LogP contribution < -0.4 is 5.32 Å². The number of hydrogen-bond donors (Lipinski definition) is 1. The Bertz CT molecular complexity index is 772. The van der Waals surface area contributed by atoms with Crippen molar-refractivity contribution in [3.05, 3.63) is 47.8 Å². The van der Waals surface area contributed by atoms with E-state index >= 15 is 0 Å². The van der Waals surface area contributed by atoms with Crippen molar-refractivity contribution < 1.29 is 22.4 Å². The van der Waals surface area contributed by atoms with Crippen LogP contribution in [0.3, 0.4) is 0 Å². The van der Waals surface area contributed by atoms with Crippen molar-refractivity contribution in [2.45, 2.75) is 39.2 Å². The second-order valence-electron chi connectivity index (χ2n) is 6.13. The third-order valence-corrected chi connectivity index (χ3v) is 4.04. The van der Waals surface area contributed by atoms with Crippen molar-refractivity contribution >= 4 is 11.6 Å². The van der Waals surface area contributed by atoms with Crippen LogP contribution in [0.15, 0.2) is 30.6 Å². The molecule has 1 aromatic heterocycles. The van der Waals surface area contributed by atoms with Crippen LogP contribution in [0.25, 0.3) is 0 Å². The Labute approximate surface area is 148 Å². The predicted octanol–water partition coefficient (Wildman–Crippen LogP) is 3.35. The number of rotatable bonds is 6. The van der Waals surface area contributed by atoms with Gasteiger partial charge in [-0.2, -0.15) is 13.2 Å². The van der Waals surface area contributed by atoms with E-state index in [0.29, 0.717) is 11.3 Å². The fraction of sp³-hybridized carbons (Fsp3) is 0.412. The van der Waals surface area contributed by atoms with Gasteiger partial charge in [-0.3, -0.25) is 9.69 Å². The molecule has 0 aliphatic carbocycles. The molecule has 1 N–H and O–H groups in total. The largest absolute Gasteiger partial charge is 0.406 e. The molecule has 2 rings (SSSR count). The highest BCUT2D eigenvalue weighted by atomic mass is 19.4. The highest BCUT2D eigenvalue weighted by molar-refractivity contribution is 5.95. The van der Waals surface area contributed by atoms with Crippen molar-refractivity contribution in [1.82, 2.24) is 14.5 Å². The van der Waals surface area contributed by atoms with Gasteiger partial charge >= 0.3 is 6.18 Å². The van der Waals surface area contributed by atoms with Gasteiger partial charge in [-0.1, -0.05) is 6.07 Å². The zero-order valence-corrected chi connectivity index (χ0v) is 14.6. The number of hydrogen-bond acceptors (Lipinski definition) is 3. The number of nitrogens with zero attached hydrogens (tertiary/aromatic N) is 3. The number of carbonyl (C=O) groups is 1.